The fraction of sp³-hybridized carbons (Fsp3) is 0.333. The number of carbonyl (C=O) groups is 2. The Bertz CT molecular complexity index is 754. The van der Waals surface area contributed by atoms with Crippen molar-refractivity contribution < 1.29 is 19.1 Å². The number of carbonyl (C=O) groups excluding carboxylic acids is 2. The Morgan fingerprint density at radius 2 is 1.63 bits per heavy atom. The molecule has 27 heavy (non-hydrogen) atoms. The molecule has 0 aliphatic rings. The Morgan fingerprint density at radius 3 is 2.33 bits per heavy atom. The zero-order chi connectivity index (χ0) is 19.7. The van der Waals surface area contributed by atoms with Crippen LogP contribution in [0, 0.1) is 0 Å². The van der Waals surface area contributed by atoms with Gasteiger partial charge >= 0.3 is 12.0 Å². The van der Waals surface area contributed by atoms with Crippen LogP contribution >= 0.6 is 0 Å². The average molecular weight is 370 g/mol. The van der Waals surface area contributed by atoms with Crippen LogP contribution in [0.15, 0.2) is 54.6 Å². The highest BCUT2D eigenvalue weighted by molar-refractivity contribution is 5.91. The predicted molar refractivity (Wildman–Crippen MR) is 105 cm³/mol. The summed E-state index contributed by atoms with van der Waals surface area (Å²) >= 11 is 0. The molecule has 144 valence electrons. The first-order valence-corrected chi connectivity index (χ1v) is 8.92. The molecule has 2 N–H and O–H groups in total. The minimum absolute atomic E-state index is 0.255. The van der Waals surface area contributed by atoms with Gasteiger partial charge in [0.15, 0.2) is 5.75 Å². The smallest absolute Gasteiger partial charge is 0.319 e. The number of ether oxygens (including phenoxy) is 2. The lowest BCUT2D eigenvalue weighted by Gasteiger charge is -2.19. The van der Waals surface area contributed by atoms with Crippen LogP contribution < -0.4 is 15.4 Å². The van der Waals surface area contributed by atoms with Gasteiger partial charge in [-0.3, -0.25) is 4.79 Å². The second-order valence-electron chi connectivity index (χ2n) is 6.98. The first-order chi connectivity index (χ1) is 12.8. The van der Waals surface area contributed by atoms with Crippen LogP contribution in [0.1, 0.15) is 33.6 Å². The van der Waals surface area contributed by atoms with E-state index in [-0.39, 0.29) is 18.4 Å². The molecule has 0 fully saturated rings. The Hall–Kier alpha value is -3.02. The Kier molecular flexibility index (Phi) is 7.23. The number of amides is 2. The van der Waals surface area contributed by atoms with Crippen LogP contribution in [0.25, 0.3) is 0 Å². The number of benzene rings is 2. The number of urea groups is 1. The molecule has 6 heteroatoms. The Morgan fingerprint density at radius 1 is 0.963 bits per heavy atom. The van der Waals surface area contributed by atoms with Crippen LogP contribution in [0.2, 0.25) is 0 Å². The van der Waals surface area contributed by atoms with E-state index in [0.29, 0.717) is 30.2 Å². The van der Waals surface area contributed by atoms with Gasteiger partial charge in [-0.15, -0.1) is 0 Å². The molecule has 0 atom stereocenters. The standard InChI is InChI=1S/C21H26N2O4/c1-21(2,3)27-19(24)14-9-15-22-20(25)23-17-12-7-8-13-18(17)26-16-10-5-4-6-11-16/h4-8,10-13H,9,14-15H2,1-3H3,(H2,22,23,25). The fourth-order valence-electron chi connectivity index (χ4n) is 2.27. The van der Waals surface area contributed by atoms with Crippen molar-refractivity contribution in [2.75, 3.05) is 11.9 Å². The van der Waals surface area contributed by atoms with Gasteiger partial charge in [0.2, 0.25) is 0 Å². The average Bonchev–Trinajstić information content (AvgIpc) is 2.60. The van der Waals surface area contributed by atoms with Gasteiger partial charge in [0.1, 0.15) is 11.4 Å². The fourth-order valence-corrected chi connectivity index (χ4v) is 2.27. The number of esters is 1. The maximum Gasteiger partial charge on any atom is 0.319 e. The van der Waals surface area contributed by atoms with E-state index in [0.717, 1.165) is 0 Å². The zero-order valence-corrected chi connectivity index (χ0v) is 16.0. The number of rotatable bonds is 7. The van der Waals surface area contributed by atoms with Crippen molar-refractivity contribution >= 4 is 17.7 Å². The van der Waals surface area contributed by atoms with Crippen molar-refractivity contribution in [3.05, 3.63) is 54.6 Å². The third-order valence-electron chi connectivity index (χ3n) is 3.37. The van der Waals surface area contributed by atoms with Crippen molar-refractivity contribution in [3.8, 4) is 11.5 Å². The van der Waals surface area contributed by atoms with Gasteiger partial charge in [-0.05, 0) is 51.5 Å². The lowest BCUT2D eigenvalue weighted by Crippen LogP contribution is -2.30. The summed E-state index contributed by atoms with van der Waals surface area (Å²) in [5, 5.41) is 5.49. The van der Waals surface area contributed by atoms with E-state index in [1.54, 1.807) is 12.1 Å². The van der Waals surface area contributed by atoms with Crippen LogP contribution in [0.3, 0.4) is 0 Å². The first-order valence-electron chi connectivity index (χ1n) is 8.92. The highest BCUT2D eigenvalue weighted by atomic mass is 16.6. The molecule has 0 spiro atoms. The number of hydrogen-bond acceptors (Lipinski definition) is 4. The summed E-state index contributed by atoms with van der Waals surface area (Å²) in [5.41, 5.74) is 0.0654. The van der Waals surface area contributed by atoms with Gasteiger partial charge in [-0.25, -0.2) is 4.79 Å². The molecule has 0 bridgehead atoms. The minimum Gasteiger partial charge on any atom is -0.460 e. The van der Waals surface area contributed by atoms with Crippen molar-refractivity contribution in [2.24, 2.45) is 0 Å². The van der Waals surface area contributed by atoms with Crippen molar-refractivity contribution in [1.82, 2.24) is 5.32 Å². The molecule has 0 aliphatic carbocycles. The SMILES string of the molecule is CC(C)(C)OC(=O)CCCNC(=O)Nc1ccccc1Oc1ccccc1. The van der Waals surface area contributed by atoms with E-state index in [4.69, 9.17) is 9.47 Å². The molecular formula is C21H26N2O4. The highest BCUT2D eigenvalue weighted by Gasteiger charge is 2.15. The molecule has 0 saturated heterocycles. The molecule has 2 amide bonds. The Labute approximate surface area is 159 Å². The zero-order valence-electron chi connectivity index (χ0n) is 16.0. The van der Waals surface area contributed by atoms with Gasteiger partial charge in [0.05, 0.1) is 5.69 Å². The molecule has 0 radical (unpaired) electrons. The summed E-state index contributed by atoms with van der Waals surface area (Å²) < 4.78 is 11.0. The second kappa shape index (κ2) is 9.62. The summed E-state index contributed by atoms with van der Waals surface area (Å²) in [6.45, 7) is 5.84. The lowest BCUT2D eigenvalue weighted by atomic mass is 10.2. The quantitative estimate of drug-likeness (QED) is 0.546. The third-order valence-corrected chi connectivity index (χ3v) is 3.37. The van der Waals surface area contributed by atoms with Crippen LogP contribution in [-0.2, 0) is 9.53 Å². The molecule has 0 saturated carbocycles. The van der Waals surface area contributed by atoms with E-state index in [2.05, 4.69) is 10.6 Å². The normalized spacial score (nSPS) is 10.8. The van der Waals surface area contributed by atoms with Crippen molar-refractivity contribution in [2.45, 2.75) is 39.2 Å². The van der Waals surface area contributed by atoms with Gasteiger partial charge in [-0.2, -0.15) is 0 Å². The van der Waals surface area contributed by atoms with E-state index < -0.39 is 5.60 Å². The number of anilines is 1. The monoisotopic (exact) mass is 370 g/mol. The van der Waals surface area contributed by atoms with Crippen LogP contribution in [-0.4, -0.2) is 24.1 Å². The van der Waals surface area contributed by atoms with E-state index in [1.165, 1.54) is 0 Å². The maximum atomic E-state index is 12.1. The number of hydrogen-bond donors (Lipinski definition) is 2. The van der Waals surface area contributed by atoms with Crippen LogP contribution in [0.4, 0.5) is 10.5 Å². The maximum absolute atomic E-state index is 12.1. The van der Waals surface area contributed by atoms with Gasteiger partial charge in [0.25, 0.3) is 0 Å². The molecule has 0 heterocycles. The molecule has 0 aliphatic heterocycles. The number of para-hydroxylation sites is 3. The highest BCUT2D eigenvalue weighted by Crippen LogP contribution is 2.28. The lowest BCUT2D eigenvalue weighted by molar-refractivity contribution is -0.154. The van der Waals surface area contributed by atoms with Crippen LogP contribution in [0.5, 0.6) is 11.5 Å². The predicted octanol–water partition coefficient (Wildman–Crippen LogP) is 4.72. The Balaban J connectivity index is 1.80. The first kappa shape index (κ1) is 20.3. The minimum atomic E-state index is -0.496. The summed E-state index contributed by atoms with van der Waals surface area (Å²) in [6.07, 6.45) is 0.760. The van der Waals surface area contributed by atoms with E-state index in [1.807, 2.05) is 63.2 Å². The summed E-state index contributed by atoms with van der Waals surface area (Å²) in [5.74, 6) is 0.962. The second-order valence-corrected chi connectivity index (χ2v) is 6.98. The topological polar surface area (TPSA) is 76.7 Å². The van der Waals surface area contributed by atoms with Gasteiger partial charge in [-0.1, -0.05) is 30.3 Å². The van der Waals surface area contributed by atoms with Crippen molar-refractivity contribution in [1.29, 1.82) is 0 Å². The number of nitrogens with one attached hydrogen (secondary N) is 2. The summed E-state index contributed by atoms with van der Waals surface area (Å²) in [6, 6.07) is 16.2. The molecule has 0 unspecified atom stereocenters. The molecule has 6 nitrogen and oxygen atoms in total. The molecule has 2 rings (SSSR count). The van der Waals surface area contributed by atoms with Crippen molar-refractivity contribution in [3.63, 3.8) is 0 Å². The molecule has 0 aromatic heterocycles. The third kappa shape index (κ3) is 7.81. The summed E-state index contributed by atoms with van der Waals surface area (Å²) in [4.78, 5) is 23.7. The van der Waals surface area contributed by atoms with E-state index in [9.17, 15) is 9.59 Å². The largest absolute Gasteiger partial charge is 0.460 e. The van der Waals surface area contributed by atoms with E-state index >= 15 is 0 Å². The van der Waals surface area contributed by atoms with Gasteiger partial charge in [0, 0.05) is 13.0 Å². The molecule has 2 aromatic rings. The molecular weight excluding hydrogens is 344 g/mol. The molecule has 2 aromatic carbocycles. The summed E-state index contributed by atoms with van der Waals surface area (Å²) in [7, 11) is 0. The van der Waals surface area contributed by atoms with Gasteiger partial charge < -0.3 is 20.1 Å².